The van der Waals surface area contributed by atoms with Crippen LogP contribution in [0.3, 0.4) is 0 Å². The fourth-order valence-corrected chi connectivity index (χ4v) is 6.83. The number of methoxy groups -OCH3 is 1. The summed E-state index contributed by atoms with van der Waals surface area (Å²) in [5.74, 6) is -0.108. The summed E-state index contributed by atoms with van der Waals surface area (Å²) in [6.07, 6.45) is 4.30. The van der Waals surface area contributed by atoms with E-state index in [0.717, 1.165) is 41.1 Å². The van der Waals surface area contributed by atoms with Crippen LogP contribution in [0, 0.1) is 6.92 Å². The Morgan fingerprint density at radius 1 is 1.02 bits per heavy atom. The lowest BCUT2D eigenvalue weighted by molar-refractivity contribution is -0.140. The molecule has 0 saturated heterocycles. The number of sulfonamides is 1. The molecule has 2 amide bonds. The van der Waals surface area contributed by atoms with E-state index >= 15 is 0 Å². The molecule has 1 atom stereocenters. The molecule has 3 aromatic carbocycles. The molecule has 0 bridgehead atoms. The number of aryl methyl sites for hydroxylation is 1. The van der Waals surface area contributed by atoms with E-state index in [4.69, 9.17) is 16.3 Å². The molecule has 1 unspecified atom stereocenters. The van der Waals surface area contributed by atoms with Crippen molar-refractivity contribution in [2.75, 3.05) is 18.0 Å². The second-order valence-corrected chi connectivity index (χ2v) is 12.9. The number of halogens is 1. The Balaban J connectivity index is 1.72. The smallest absolute Gasteiger partial charge is 0.264 e. The number of benzene rings is 3. The highest BCUT2D eigenvalue weighted by atomic mass is 35.5. The van der Waals surface area contributed by atoms with E-state index in [2.05, 4.69) is 5.32 Å². The summed E-state index contributed by atoms with van der Waals surface area (Å²) < 4.78 is 34.4. The van der Waals surface area contributed by atoms with Crippen LogP contribution in [0.2, 0.25) is 5.02 Å². The molecular weight excluding hydrogens is 574 g/mol. The van der Waals surface area contributed by atoms with Gasteiger partial charge in [0.2, 0.25) is 11.8 Å². The van der Waals surface area contributed by atoms with E-state index in [0.29, 0.717) is 22.9 Å². The van der Waals surface area contributed by atoms with Gasteiger partial charge in [0, 0.05) is 17.6 Å². The highest BCUT2D eigenvalue weighted by Gasteiger charge is 2.34. The Labute approximate surface area is 253 Å². The van der Waals surface area contributed by atoms with Crippen molar-refractivity contribution in [3.63, 3.8) is 0 Å². The van der Waals surface area contributed by atoms with E-state index in [9.17, 15) is 18.0 Å². The standard InChI is InChI=1S/C32H38ClN3O5S/c1-4-30(32(38)34-26-11-5-6-12-26)35(21-24-10-8-14-28(20-24)41-3)31(37)22-36(27-13-7-9-23(2)19-27)42(39,40)29-17-15-25(33)16-18-29/h7-10,13-20,26,30H,4-6,11-12,21-22H2,1-3H3,(H,34,38). The fraction of sp³-hybridized carbons (Fsp3) is 0.375. The van der Waals surface area contributed by atoms with Crippen molar-refractivity contribution >= 4 is 39.1 Å². The van der Waals surface area contributed by atoms with Crippen molar-refractivity contribution < 1.29 is 22.7 Å². The van der Waals surface area contributed by atoms with Gasteiger partial charge in [-0.3, -0.25) is 13.9 Å². The zero-order chi connectivity index (χ0) is 30.3. The summed E-state index contributed by atoms with van der Waals surface area (Å²) in [4.78, 5) is 29.3. The molecule has 0 spiro atoms. The molecule has 1 fully saturated rings. The number of hydrogen-bond acceptors (Lipinski definition) is 5. The first-order valence-electron chi connectivity index (χ1n) is 14.2. The first kappa shape index (κ1) is 31.4. The molecular formula is C32H38ClN3O5S. The molecule has 224 valence electrons. The monoisotopic (exact) mass is 611 g/mol. The summed E-state index contributed by atoms with van der Waals surface area (Å²) in [5.41, 5.74) is 1.95. The Hall–Kier alpha value is -3.56. The maximum absolute atomic E-state index is 14.2. The van der Waals surface area contributed by atoms with Gasteiger partial charge in [-0.25, -0.2) is 8.42 Å². The van der Waals surface area contributed by atoms with Crippen LogP contribution in [-0.4, -0.2) is 50.9 Å². The van der Waals surface area contributed by atoms with E-state index < -0.39 is 28.5 Å². The van der Waals surface area contributed by atoms with Crippen molar-refractivity contribution in [1.29, 1.82) is 0 Å². The first-order valence-corrected chi connectivity index (χ1v) is 16.0. The molecule has 1 saturated carbocycles. The number of ether oxygens (including phenoxy) is 1. The van der Waals surface area contributed by atoms with Crippen molar-refractivity contribution in [2.45, 2.75) is 69.5 Å². The van der Waals surface area contributed by atoms with Crippen molar-refractivity contribution in [1.82, 2.24) is 10.2 Å². The van der Waals surface area contributed by atoms with E-state index in [1.54, 1.807) is 31.4 Å². The Kier molecular flexibility index (Phi) is 10.5. The Morgan fingerprint density at radius 2 is 1.71 bits per heavy atom. The number of anilines is 1. The minimum atomic E-state index is -4.16. The molecule has 0 radical (unpaired) electrons. The topological polar surface area (TPSA) is 96.0 Å². The molecule has 0 aromatic heterocycles. The fourth-order valence-electron chi connectivity index (χ4n) is 5.30. The predicted molar refractivity (Wildman–Crippen MR) is 165 cm³/mol. The Morgan fingerprint density at radius 3 is 2.36 bits per heavy atom. The molecule has 1 N–H and O–H groups in total. The molecule has 1 aliphatic carbocycles. The normalized spacial score (nSPS) is 14.3. The summed E-state index contributed by atoms with van der Waals surface area (Å²) in [7, 11) is -2.60. The van der Waals surface area contributed by atoms with Gasteiger partial charge < -0.3 is 15.0 Å². The van der Waals surface area contributed by atoms with Crippen LogP contribution >= 0.6 is 11.6 Å². The number of nitrogens with zero attached hydrogens (tertiary/aromatic N) is 2. The minimum Gasteiger partial charge on any atom is -0.497 e. The van der Waals surface area contributed by atoms with Crippen molar-refractivity contribution in [2.24, 2.45) is 0 Å². The molecule has 4 rings (SSSR count). The maximum Gasteiger partial charge on any atom is 0.264 e. The van der Waals surface area contributed by atoms with Gasteiger partial charge >= 0.3 is 0 Å². The quantitative estimate of drug-likeness (QED) is 0.283. The van der Waals surface area contributed by atoms with E-state index in [1.807, 2.05) is 38.1 Å². The first-order chi connectivity index (χ1) is 20.1. The second-order valence-electron chi connectivity index (χ2n) is 10.6. The molecule has 3 aromatic rings. The third-order valence-corrected chi connectivity index (χ3v) is 9.58. The van der Waals surface area contributed by atoms with Gasteiger partial charge in [0.25, 0.3) is 10.0 Å². The van der Waals surface area contributed by atoms with Gasteiger partial charge in [0.15, 0.2) is 0 Å². The number of carbonyl (C=O) groups is 2. The van der Waals surface area contributed by atoms with Gasteiger partial charge in [-0.2, -0.15) is 0 Å². The second kappa shape index (κ2) is 14.1. The average Bonchev–Trinajstić information content (AvgIpc) is 3.49. The van der Waals surface area contributed by atoms with Crippen LogP contribution in [0.4, 0.5) is 5.69 Å². The van der Waals surface area contributed by atoms with Gasteiger partial charge in [-0.15, -0.1) is 0 Å². The highest BCUT2D eigenvalue weighted by molar-refractivity contribution is 7.92. The van der Waals surface area contributed by atoms with Crippen molar-refractivity contribution in [3.05, 3.63) is 88.9 Å². The van der Waals surface area contributed by atoms with Gasteiger partial charge in [-0.05, 0) is 85.8 Å². The van der Waals surface area contributed by atoms with Gasteiger partial charge in [0.1, 0.15) is 18.3 Å². The number of amides is 2. The molecule has 8 nitrogen and oxygen atoms in total. The Bertz CT molecular complexity index is 1490. The highest BCUT2D eigenvalue weighted by Crippen LogP contribution is 2.27. The number of hydrogen-bond donors (Lipinski definition) is 1. The molecule has 0 aliphatic heterocycles. The SMILES string of the molecule is CCC(C(=O)NC1CCCC1)N(Cc1cccc(OC)c1)C(=O)CN(c1cccc(C)c1)S(=O)(=O)c1ccc(Cl)cc1. The molecule has 0 heterocycles. The average molecular weight is 612 g/mol. The predicted octanol–water partition coefficient (Wildman–Crippen LogP) is 5.72. The van der Waals surface area contributed by atoms with Crippen LogP contribution in [0.25, 0.3) is 0 Å². The molecule has 42 heavy (non-hydrogen) atoms. The summed E-state index contributed by atoms with van der Waals surface area (Å²) >= 11 is 6.03. The van der Waals surface area contributed by atoms with Crippen LogP contribution in [-0.2, 0) is 26.2 Å². The number of rotatable bonds is 12. The van der Waals surface area contributed by atoms with Gasteiger partial charge in [-0.1, -0.05) is 55.6 Å². The number of nitrogens with one attached hydrogen (secondary N) is 1. The van der Waals surface area contributed by atoms with Crippen LogP contribution in [0.15, 0.2) is 77.7 Å². The minimum absolute atomic E-state index is 0.00608. The lowest BCUT2D eigenvalue weighted by Gasteiger charge is -2.34. The van der Waals surface area contributed by atoms with Crippen LogP contribution in [0.1, 0.15) is 50.2 Å². The van der Waals surface area contributed by atoms with Crippen molar-refractivity contribution in [3.8, 4) is 5.75 Å². The lowest BCUT2D eigenvalue weighted by atomic mass is 10.1. The van der Waals surface area contributed by atoms with Crippen LogP contribution in [0.5, 0.6) is 5.75 Å². The largest absolute Gasteiger partial charge is 0.497 e. The summed E-state index contributed by atoms with van der Waals surface area (Å²) in [6, 6.07) is 19.4. The third kappa shape index (κ3) is 7.63. The molecule has 1 aliphatic rings. The van der Waals surface area contributed by atoms with E-state index in [-0.39, 0.29) is 23.4 Å². The zero-order valence-corrected chi connectivity index (χ0v) is 25.8. The van der Waals surface area contributed by atoms with Gasteiger partial charge in [0.05, 0.1) is 17.7 Å². The van der Waals surface area contributed by atoms with Crippen LogP contribution < -0.4 is 14.4 Å². The van der Waals surface area contributed by atoms with E-state index in [1.165, 1.54) is 29.2 Å². The zero-order valence-electron chi connectivity index (χ0n) is 24.3. The number of carbonyl (C=O) groups excluding carboxylic acids is 2. The molecule has 10 heteroatoms. The maximum atomic E-state index is 14.2. The summed E-state index contributed by atoms with van der Waals surface area (Å²) in [5, 5.41) is 3.52. The third-order valence-electron chi connectivity index (χ3n) is 7.54. The summed E-state index contributed by atoms with van der Waals surface area (Å²) in [6.45, 7) is 3.32. The lowest BCUT2D eigenvalue weighted by Crippen LogP contribution is -2.53.